The van der Waals surface area contributed by atoms with Gasteiger partial charge >= 0.3 is 0 Å². The van der Waals surface area contributed by atoms with E-state index >= 15 is 4.39 Å². The van der Waals surface area contributed by atoms with Gasteiger partial charge in [-0.1, -0.05) is 0 Å². The van der Waals surface area contributed by atoms with Gasteiger partial charge in [0.15, 0.2) is 11.4 Å². The summed E-state index contributed by atoms with van der Waals surface area (Å²) in [5.74, 6) is 0.825. The second kappa shape index (κ2) is 10.2. The third-order valence-electron chi connectivity index (χ3n) is 10.7. The van der Waals surface area contributed by atoms with Gasteiger partial charge < -0.3 is 15.1 Å². The monoisotopic (exact) mass is 577 g/mol. The van der Waals surface area contributed by atoms with E-state index in [4.69, 9.17) is 4.98 Å². The van der Waals surface area contributed by atoms with Crippen LogP contribution in [-0.4, -0.2) is 50.8 Å². The molecule has 5 aliphatic rings. The third kappa shape index (κ3) is 4.84. The molecule has 1 aromatic carbocycles. The van der Waals surface area contributed by atoms with Crippen LogP contribution in [0.3, 0.4) is 0 Å². The van der Waals surface area contributed by atoms with Gasteiger partial charge in [0.2, 0.25) is 5.43 Å². The van der Waals surface area contributed by atoms with E-state index in [1.807, 2.05) is 4.90 Å². The summed E-state index contributed by atoms with van der Waals surface area (Å²) in [5.41, 5.74) is -1.47. The largest absolute Gasteiger partial charge is 0.393 e. The number of hydrogen-bond acceptors (Lipinski definition) is 6. The van der Waals surface area contributed by atoms with E-state index in [1.54, 1.807) is 12.1 Å². The van der Waals surface area contributed by atoms with E-state index in [0.29, 0.717) is 50.0 Å². The molecule has 2 atom stereocenters. The van der Waals surface area contributed by atoms with Crippen LogP contribution in [0, 0.1) is 34.8 Å². The predicted molar refractivity (Wildman–Crippen MR) is 155 cm³/mol. The summed E-state index contributed by atoms with van der Waals surface area (Å²) in [5, 5.41) is 20.2. The molecular formula is C33H37F2N3O4. The first-order chi connectivity index (χ1) is 20.1. The number of nitrogens with zero attached hydrogens (tertiary/aromatic N) is 3. The zero-order valence-corrected chi connectivity index (χ0v) is 23.7. The van der Waals surface area contributed by atoms with E-state index in [0.717, 1.165) is 43.7 Å². The normalized spacial score (nSPS) is 28.3. The maximum atomic E-state index is 15.2. The lowest BCUT2D eigenvalue weighted by molar-refractivity contribution is -0.0326. The first kappa shape index (κ1) is 27.7. The second-order valence-electron chi connectivity index (χ2n) is 13.6. The Morgan fingerprint density at radius 3 is 2.40 bits per heavy atom. The highest BCUT2D eigenvalue weighted by molar-refractivity contribution is 5.99. The lowest BCUT2D eigenvalue weighted by atomic mass is 9.60. The highest BCUT2D eigenvalue weighted by Crippen LogP contribution is 2.58. The van der Waals surface area contributed by atoms with Crippen molar-refractivity contribution >= 4 is 22.6 Å². The molecule has 2 unspecified atom stereocenters. The van der Waals surface area contributed by atoms with Gasteiger partial charge in [-0.15, -0.1) is 0 Å². The molecule has 3 heterocycles. The fourth-order valence-corrected chi connectivity index (χ4v) is 8.70. The Bertz CT molecular complexity index is 1600. The van der Waals surface area contributed by atoms with Crippen LogP contribution in [0.15, 0.2) is 41.3 Å². The summed E-state index contributed by atoms with van der Waals surface area (Å²) >= 11 is 0. The molecule has 4 saturated carbocycles. The topological polar surface area (TPSA) is 95.7 Å². The van der Waals surface area contributed by atoms with Crippen molar-refractivity contribution in [2.75, 3.05) is 24.6 Å². The minimum absolute atomic E-state index is 0.000387. The number of aromatic nitrogens is 2. The number of pyridine rings is 2. The molecular weight excluding hydrogens is 540 g/mol. The van der Waals surface area contributed by atoms with Crippen molar-refractivity contribution in [2.45, 2.75) is 69.8 Å². The molecule has 1 aliphatic heterocycles. The molecule has 4 aliphatic carbocycles. The van der Waals surface area contributed by atoms with Crippen LogP contribution in [0.5, 0.6) is 0 Å². The second-order valence-corrected chi connectivity index (χ2v) is 13.6. The van der Waals surface area contributed by atoms with Crippen LogP contribution < -0.4 is 10.3 Å². The number of ketones is 1. The number of aliphatic hydroxyl groups is 2. The molecule has 7 nitrogen and oxygen atoms in total. The first-order valence-corrected chi connectivity index (χ1v) is 15.3. The summed E-state index contributed by atoms with van der Waals surface area (Å²) in [6.45, 7) is 0.549. The maximum Gasteiger partial charge on any atom is 0.201 e. The molecule has 2 aromatic heterocycles. The summed E-state index contributed by atoms with van der Waals surface area (Å²) < 4.78 is 30.5. The number of rotatable bonds is 6. The number of halogens is 2. The van der Waals surface area contributed by atoms with E-state index in [9.17, 15) is 24.2 Å². The lowest BCUT2D eigenvalue weighted by Gasteiger charge is -2.45. The molecule has 0 spiro atoms. The molecule has 222 valence electrons. The summed E-state index contributed by atoms with van der Waals surface area (Å²) in [6.07, 6.45) is 10.4. The summed E-state index contributed by atoms with van der Waals surface area (Å²) in [7, 11) is 0. The molecule has 8 rings (SSSR count). The lowest BCUT2D eigenvalue weighted by Crippen LogP contribution is -2.46. The van der Waals surface area contributed by atoms with Gasteiger partial charge in [-0.2, -0.15) is 0 Å². The fraction of sp³-hybridized carbons (Fsp3) is 0.545. The number of benzene rings is 1. The smallest absolute Gasteiger partial charge is 0.201 e. The number of anilines is 1. The Hall–Kier alpha value is -3.17. The number of fused-ring (bicyclic) bond motifs is 2. The predicted octanol–water partition coefficient (Wildman–Crippen LogP) is 5.17. The van der Waals surface area contributed by atoms with Crippen molar-refractivity contribution in [2.24, 2.45) is 23.2 Å². The van der Waals surface area contributed by atoms with Gasteiger partial charge in [-0.25, -0.2) is 13.8 Å². The fourth-order valence-electron chi connectivity index (χ4n) is 8.70. The highest BCUT2D eigenvalue weighted by atomic mass is 19.1. The van der Waals surface area contributed by atoms with Crippen LogP contribution in [-0.2, 0) is 0 Å². The standard InChI is InChI=1S/C33H37F2N3O4/c34-23-1-3-27(26(35)14-23)38-18-25(28(40)17-32-6-5-20-11-21(15-32)13-22(12-20)16-32)30(41)24-2-4-29(36-31(24)38)37-9-7-33(42,19-39)8-10-37/h1-4,14,18,20-22,39,42H,5-13,15-17,19H2. The van der Waals surface area contributed by atoms with Crippen molar-refractivity contribution in [1.82, 2.24) is 9.55 Å². The van der Waals surface area contributed by atoms with Crippen LogP contribution in [0.2, 0.25) is 0 Å². The molecule has 0 amide bonds. The number of hydrogen-bond donors (Lipinski definition) is 2. The van der Waals surface area contributed by atoms with Crippen molar-refractivity contribution < 1.29 is 23.8 Å². The third-order valence-corrected chi connectivity index (χ3v) is 10.7. The van der Waals surface area contributed by atoms with Crippen LogP contribution in [0.1, 0.15) is 74.6 Å². The van der Waals surface area contributed by atoms with E-state index in [1.165, 1.54) is 36.1 Å². The Morgan fingerprint density at radius 1 is 1.00 bits per heavy atom. The first-order valence-electron chi connectivity index (χ1n) is 15.3. The summed E-state index contributed by atoms with van der Waals surface area (Å²) in [4.78, 5) is 34.5. The molecule has 9 heteroatoms. The van der Waals surface area contributed by atoms with E-state index in [2.05, 4.69) is 0 Å². The van der Waals surface area contributed by atoms with Gasteiger partial charge in [0.05, 0.1) is 28.8 Å². The number of aliphatic hydroxyl groups excluding tert-OH is 1. The Balaban J connectivity index is 1.30. The summed E-state index contributed by atoms with van der Waals surface area (Å²) in [6, 6.07) is 6.55. The Kier molecular flexibility index (Phi) is 6.73. The highest BCUT2D eigenvalue weighted by Gasteiger charge is 2.48. The van der Waals surface area contributed by atoms with E-state index in [-0.39, 0.29) is 40.1 Å². The van der Waals surface area contributed by atoms with Crippen LogP contribution in [0.4, 0.5) is 14.6 Å². The zero-order valence-electron chi connectivity index (χ0n) is 23.7. The van der Waals surface area contributed by atoms with E-state index < -0.39 is 22.7 Å². The molecule has 0 radical (unpaired) electrons. The van der Waals surface area contributed by atoms with Gasteiger partial charge in [-0.3, -0.25) is 14.2 Å². The van der Waals surface area contributed by atoms with Crippen molar-refractivity contribution in [3.63, 3.8) is 0 Å². The average Bonchev–Trinajstić information content (AvgIpc) is 3.16. The van der Waals surface area contributed by atoms with Gasteiger partial charge in [-0.05, 0) is 105 Å². The molecule has 42 heavy (non-hydrogen) atoms. The number of carbonyl (C=O) groups excluding carboxylic acids is 1. The van der Waals surface area contributed by atoms with Gasteiger partial charge in [0, 0.05) is 31.8 Å². The number of carbonyl (C=O) groups is 1. The number of piperidine rings is 1. The van der Waals surface area contributed by atoms with Gasteiger partial charge in [0.25, 0.3) is 0 Å². The molecule has 2 N–H and O–H groups in total. The quantitative estimate of drug-likeness (QED) is 0.393. The minimum atomic E-state index is -1.14. The van der Waals surface area contributed by atoms with Crippen LogP contribution >= 0.6 is 0 Å². The van der Waals surface area contributed by atoms with Gasteiger partial charge in [0.1, 0.15) is 17.5 Å². The SMILES string of the molecule is O=C(CC12CCC3CC(CC(C3)C1)C2)c1cn(-c2ccc(F)cc2F)c2nc(N3CCC(O)(CO)CC3)ccc2c1=O. The Morgan fingerprint density at radius 2 is 1.71 bits per heavy atom. The van der Waals surface area contributed by atoms with Crippen molar-refractivity contribution in [3.05, 3.63) is 63.9 Å². The zero-order chi connectivity index (χ0) is 29.2. The molecule has 3 aromatic rings. The molecule has 5 fully saturated rings. The Labute approximate surface area is 243 Å². The van der Waals surface area contributed by atoms with Crippen molar-refractivity contribution in [3.8, 4) is 5.69 Å². The minimum Gasteiger partial charge on any atom is -0.393 e. The molecule has 4 bridgehead atoms. The molecule has 1 saturated heterocycles. The van der Waals surface area contributed by atoms with Crippen molar-refractivity contribution in [1.29, 1.82) is 0 Å². The number of Topliss-reactive ketones (excluding diaryl/α,β-unsaturated/α-hetero) is 1. The maximum absolute atomic E-state index is 15.2. The van der Waals surface area contributed by atoms with Crippen LogP contribution in [0.25, 0.3) is 16.7 Å². The average molecular weight is 578 g/mol.